The van der Waals surface area contributed by atoms with E-state index in [4.69, 9.17) is 22.9 Å². The van der Waals surface area contributed by atoms with Crippen molar-refractivity contribution >= 4 is 55.4 Å². The monoisotopic (exact) mass is 832 g/mol. The van der Waals surface area contributed by atoms with Gasteiger partial charge in [0.2, 0.25) is 5.91 Å². The maximum absolute atomic E-state index is 12.4. The molecule has 308 valence electrons. The van der Waals surface area contributed by atoms with Crippen molar-refractivity contribution in [2.45, 2.75) is 73.6 Å². The van der Waals surface area contributed by atoms with E-state index in [1.807, 2.05) is 44.2 Å². The summed E-state index contributed by atoms with van der Waals surface area (Å²) in [5.74, 6) is -0.330. The number of unbranched alkanes of at least 4 members (excludes halogenated alkanes) is 3. The van der Waals surface area contributed by atoms with Gasteiger partial charge < -0.3 is 15.2 Å². The number of carbonyl (C=O) groups excluding carboxylic acids is 1. The first-order valence-electron chi connectivity index (χ1n) is 18.6. The number of aromatic carboxylic acids is 1. The molecule has 3 aromatic rings. The summed E-state index contributed by atoms with van der Waals surface area (Å²) in [6.45, 7) is 13.3. The topological polar surface area (TPSA) is 230 Å². The Hall–Kier alpha value is -5.54. The second-order valence-electron chi connectivity index (χ2n) is 15.7. The van der Waals surface area contributed by atoms with Gasteiger partial charge in [-0.3, -0.25) is 9.35 Å². The lowest BCUT2D eigenvalue weighted by molar-refractivity contribution is -0.118. The number of nitrogens with one attached hydrogen (secondary N) is 1. The molecule has 1 heterocycles. The lowest BCUT2D eigenvalue weighted by Crippen LogP contribution is -2.28. The van der Waals surface area contributed by atoms with Gasteiger partial charge in [0.1, 0.15) is 17.3 Å². The van der Waals surface area contributed by atoms with Crippen molar-refractivity contribution < 1.29 is 45.0 Å². The molecule has 1 aliphatic heterocycles. The molecule has 16 heteroatoms. The number of carboxylic acid groups (broad SMARTS) is 1. The Morgan fingerprint density at radius 3 is 2.22 bits per heavy atom. The highest BCUT2D eigenvalue weighted by Crippen LogP contribution is 2.44. The zero-order chi connectivity index (χ0) is 43.0. The second-order valence-corrected chi connectivity index (χ2v) is 17.5. The molecule has 0 unspecified atom stereocenters. The summed E-state index contributed by atoms with van der Waals surface area (Å²) in [7, 11) is -7.41. The van der Waals surface area contributed by atoms with Gasteiger partial charge in [-0.2, -0.15) is 8.42 Å². The van der Waals surface area contributed by atoms with Crippen LogP contribution >= 0.6 is 0 Å². The molecule has 14 nitrogen and oxygen atoms in total. The van der Waals surface area contributed by atoms with E-state index in [1.54, 1.807) is 18.2 Å². The van der Waals surface area contributed by atoms with Gasteiger partial charge in [-0.25, -0.2) is 4.79 Å². The van der Waals surface area contributed by atoms with E-state index in [1.165, 1.54) is 12.5 Å². The number of fused-ring (bicyclic) bond motifs is 4. The summed E-state index contributed by atoms with van der Waals surface area (Å²) < 4.78 is 65.7. The van der Waals surface area contributed by atoms with E-state index in [2.05, 4.69) is 54.3 Å². The van der Waals surface area contributed by atoms with Crippen molar-refractivity contribution in [1.82, 2.24) is 5.32 Å². The summed E-state index contributed by atoms with van der Waals surface area (Å²) in [6.07, 6.45) is 11.1. The number of amides is 1. The van der Waals surface area contributed by atoms with Gasteiger partial charge in [-0.1, -0.05) is 82.1 Å². The molecule has 2 aliphatic carbocycles. The minimum atomic E-state index is -4.30. The number of carboxylic acids is 1. The Morgan fingerprint density at radius 1 is 0.914 bits per heavy atom. The fourth-order valence-corrected chi connectivity index (χ4v) is 8.22. The van der Waals surface area contributed by atoms with Gasteiger partial charge in [0.15, 0.2) is 0 Å². The summed E-state index contributed by atoms with van der Waals surface area (Å²) in [4.78, 5) is 25.5. The molecule has 0 saturated carbocycles. The highest BCUT2D eigenvalue weighted by atomic mass is 32.2. The molecule has 0 saturated heterocycles. The number of benzene rings is 3. The number of rotatable bonds is 11. The molecule has 0 fully saturated rings. The number of ether oxygens (including phenoxy) is 1. The van der Waals surface area contributed by atoms with Crippen LogP contribution in [0.15, 0.2) is 65.8 Å². The van der Waals surface area contributed by atoms with Gasteiger partial charge in [0.25, 0.3) is 10.1 Å². The minimum absolute atomic E-state index is 0.00423. The number of carbonyl (C=O) groups is 2. The molecule has 3 aromatic carbocycles. The van der Waals surface area contributed by atoms with Crippen LogP contribution in [0, 0.1) is 10.8 Å². The quantitative estimate of drug-likeness (QED) is 0.0470. The second kappa shape index (κ2) is 18.8. The van der Waals surface area contributed by atoms with Gasteiger partial charge in [0.05, 0.1) is 5.56 Å². The first-order chi connectivity index (χ1) is 27.1. The van der Waals surface area contributed by atoms with Crippen molar-refractivity contribution in [3.63, 3.8) is 0 Å². The van der Waals surface area contributed by atoms with Crippen molar-refractivity contribution in [3.8, 4) is 11.5 Å². The lowest BCUT2D eigenvalue weighted by Gasteiger charge is -2.31. The van der Waals surface area contributed by atoms with Crippen molar-refractivity contribution in [2.24, 2.45) is 15.9 Å². The first kappa shape index (κ1) is 45.2. The molecule has 1 amide bonds. The normalized spacial score (nSPS) is 15.1. The fraction of sp³-hybridized carbons (Fsp3) is 0.381. The molecule has 58 heavy (non-hydrogen) atoms. The third kappa shape index (κ3) is 12.2. The van der Waals surface area contributed by atoms with E-state index in [-0.39, 0.29) is 16.9 Å². The van der Waals surface area contributed by atoms with E-state index in [0.29, 0.717) is 45.5 Å². The van der Waals surface area contributed by atoms with Crippen LogP contribution in [0.2, 0.25) is 0 Å². The van der Waals surface area contributed by atoms with Crippen LogP contribution in [0.4, 0.5) is 0 Å². The Morgan fingerprint density at radius 2 is 1.59 bits per heavy atom. The van der Waals surface area contributed by atoms with Crippen LogP contribution in [-0.2, 0) is 31.9 Å². The van der Waals surface area contributed by atoms with Gasteiger partial charge >= 0.3 is 16.6 Å². The molecule has 0 atom stereocenters. The highest BCUT2D eigenvalue weighted by molar-refractivity contribution is 7.86. The molecule has 3 N–H and O–H groups in total. The molecule has 6 rings (SSSR count). The number of allylic oxidation sites excluding steroid dienone is 3. The molecule has 0 spiro atoms. The lowest BCUT2D eigenvalue weighted by atomic mass is 9.75. The van der Waals surface area contributed by atoms with Crippen molar-refractivity contribution in [3.05, 3.63) is 115 Å². The van der Waals surface area contributed by atoms with Crippen LogP contribution in [0.25, 0.3) is 33.2 Å². The number of hydrogen-bond donors (Lipinski definition) is 3. The van der Waals surface area contributed by atoms with Crippen molar-refractivity contribution in [1.29, 1.82) is 0 Å². The summed E-state index contributed by atoms with van der Waals surface area (Å²) in [6, 6.07) is 14.8. The Balaban J connectivity index is 0.000000369. The fourth-order valence-electron chi connectivity index (χ4n) is 7.59. The van der Waals surface area contributed by atoms with Gasteiger partial charge in [0, 0.05) is 46.7 Å². The average Bonchev–Trinajstić information content (AvgIpc) is 3.09. The molecular weight excluding hydrogens is 785 g/mol. The van der Waals surface area contributed by atoms with Crippen LogP contribution < -0.4 is 20.5 Å². The third-order valence-corrected chi connectivity index (χ3v) is 10.3. The van der Waals surface area contributed by atoms with Crippen LogP contribution in [0.5, 0.6) is 11.5 Å². The third-order valence-electron chi connectivity index (χ3n) is 9.60. The van der Waals surface area contributed by atoms with Crippen molar-refractivity contribution in [2.75, 3.05) is 18.8 Å². The summed E-state index contributed by atoms with van der Waals surface area (Å²) in [5, 5.41) is 17.8. The van der Waals surface area contributed by atoms with Gasteiger partial charge in [-0.15, -0.1) is 12.6 Å². The molecule has 3 aliphatic rings. The predicted octanol–water partition coefficient (Wildman–Crippen LogP) is 6.80. The van der Waals surface area contributed by atoms with Crippen LogP contribution in [0.1, 0.15) is 105 Å². The SMILES string of the molecule is CC(=O)NCCCCCCN=[N+]=[N-].CC1=CC(C)(C)Cc2cc3c(cc21)C(c1ccccc1C(=O)O)=c1cc2c(cc1O3)=CC(C)(C)C=C2CS(=O)(=O)O.O=S(=O)=O. The van der Waals surface area contributed by atoms with Gasteiger partial charge in [-0.05, 0) is 106 Å². The van der Waals surface area contributed by atoms with Crippen LogP contribution in [0.3, 0.4) is 0 Å². The van der Waals surface area contributed by atoms with E-state index >= 15 is 0 Å². The Bertz CT molecular complexity index is 2580. The Labute approximate surface area is 339 Å². The predicted molar refractivity (Wildman–Crippen MR) is 222 cm³/mol. The highest BCUT2D eigenvalue weighted by Gasteiger charge is 2.31. The van der Waals surface area contributed by atoms with E-state index in [9.17, 15) is 27.7 Å². The summed E-state index contributed by atoms with van der Waals surface area (Å²) in [5.41, 5.74) is 14.3. The standard InChI is InChI=1S/C34H32O6S.C8H16N4O.O3S/c1-19-14-33(2,3)15-20-10-29-27(12-25(19)20)31(23-8-6-7-9-24(23)32(35)36)28-13-26-21(11-30(28)40-29)16-34(4,5)17-22(26)18-41(37,38)39;1-8(13)10-6-4-2-3-5-7-11-12-9;1-4(2)3/h6-14,16-17H,15,18H2,1-5H3,(H,35,36)(H,37,38,39);2-7H2,1H3,(H,10,13);. The zero-order valence-electron chi connectivity index (χ0n) is 33.3. The number of hydrogen-bond acceptors (Lipinski definition) is 9. The maximum Gasteiger partial charge on any atom is 0.425 e. The average molecular weight is 833 g/mol. The smallest absolute Gasteiger partial charge is 0.425 e. The minimum Gasteiger partial charge on any atom is -0.478 e. The van der Waals surface area contributed by atoms with E-state index < -0.39 is 37.9 Å². The number of azide groups is 1. The molecule has 0 aromatic heterocycles. The van der Waals surface area contributed by atoms with Crippen LogP contribution in [-0.4, -0.2) is 61.4 Å². The first-order valence-corrected chi connectivity index (χ1v) is 21.2. The summed E-state index contributed by atoms with van der Waals surface area (Å²) >= 11 is 0. The molecular formula is C42H48N4O10S2. The largest absolute Gasteiger partial charge is 0.478 e. The zero-order valence-corrected chi connectivity index (χ0v) is 35.0. The maximum atomic E-state index is 12.4. The van der Waals surface area contributed by atoms with E-state index in [0.717, 1.165) is 60.6 Å². The number of nitrogens with zero attached hydrogens (tertiary/aromatic N) is 3. The Kier molecular flexibility index (Phi) is 14.6. The molecule has 0 radical (unpaired) electrons. The molecule has 0 bridgehead atoms.